The Morgan fingerprint density at radius 3 is 1.89 bits per heavy atom. The second-order valence-electron chi connectivity index (χ2n) is 13.4. The zero-order valence-electron chi connectivity index (χ0n) is 32.4. The van der Waals surface area contributed by atoms with E-state index in [2.05, 4.69) is 48.5 Å². The minimum Gasteiger partial charge on any atom is -0.456 e. The van der Waals surface area contributed by atoms with Gasteiger partial charge in [0.15, 0.2) is 0 Å². The van der Waals surface area contributed by atoms with Crippen LogP contribution >= 0.6 is 0 Å². The number of para-hydroxylation sites is 1. The highest BCUT2D eigenvalue weighted by Gasteiger charge is 2.21. The standard InChI is InChI=1S/C50H31NO2/c1-2-10-36-30-37(17-16-32(36)8-1)33-18-24-39(25-19-33)51(45-13-7-15-47-49(45)44-29-22-35-9-3-4-11-41(35)50(44)53-47)40-26-20-34(21-27-40)38-23-28-43-42-12-5-6-14-46(42)52-48(43)31-38/h1-31H/i20D,21D,26D,27D. The predicted octanol–water partition coefficient (Wildman–Crippen LogP) is 14.6. The van der Waals surface area contributed by atoms with Crippen LogP contribution in [0.15, 0.2) is 197 Å². The molecule has 53 heavy (non-hydrogen) atoms. The van der Waals surface area contributed by atoms with Crippen molar-refractivity contribution in [3.8, 4) is 22.3 Å². The lowest BCUT2D eigenvalue weighted by atomic mass is 10.00. The van der Waals surface area contributed by atoms with Crippen molar-refractivity contribution in [1.82, 2.24) is 0 Å². The molecule has 2 heterocycles. The summed E-state index contributed by atoms with van der Waals surface area (Å²) < 4.78 is 50.9. The monoisotopic (exact) mass is 681 g/mol. The lowest BCUT2D eigenvalue weighted by Crippen LogP contribution is -2.10. The van der Waals surface area contributed by atoms with Crippen molar-refractivity contribution in [1.29, 1.82) is 0 Å². The highest BCUT2D eigenvalue weighted by molar-refractivity contribution is 6.19. The molecule has 0 aliphatic heterocycles. The molecule has 248 valence electrons. The van der Waals surface area contributed by atoms with Gasteiger partial charge in [-0.15, -0.1) is 0 Å². The first kappa shape index (κ1) is 25.8. The third-order valence-electron chi connectivity index (χ3n) is 10.3. The Labute approximate surface area is 311 Å². The fraction of sp³-hybridized carbons (Fsp3) is 0. The Bertz CT molecular complexity index is 3390. The summed E-state index contributed by atoms with van der Waals surface area (Å²) in [6.45, 7) is 0. The van der Waals surface area contributed by atoms with Crippen LogP contribution in [0.25, 0.3) is 87.7 Å². The third-order valence-corrected chi connectivity index (χ3v) is 10.3. The molecule has 0 fully saturated rings. The molecular formula is C50H31NO2. The summed E-state index contributed by atoms with van der Waals surface area (Å²) >= 11 is 0. The van der Waals surface area contributed by atoms with Crippen molar-refractivity contribution in [2.45, 2.75) is 0 Å². The molecule has 0 bridgehead atoms. The van der Waals surface area contributed by atoms with E-state index in [9.17, 15) is 5.48 Å². The van der Waals surface area contributed by atoms with Gasteiger partial charge in [-0.3, -0.25) is 0 Å². The van der Waals surface area contributed by atoms with Gasteiger partial charge in [0.2, 0.25) is 0 Å². The summed E-state index contributed by atoms with van der Waals surface area (Å²) in [5, 5.41) is 7.96. The van der Waals surface area contributed by atoms with E-state index in [1.54, 1.807) is 0 Å². The summed E-state index contributed by atoms with van der Waals surface area (Å²) in [7, 11) is 0. The molecule has 0 atom stereocenters. The first-order valence-corrected chi connectivity index (χ1v) is 17.7. The third kappa shape index (κ3) is 4.82. The summed E-state index contributed by atoms with van der Waals surface area (Å²) in [6.07, 6.45) is 0. The molecule has 11 rings (SSSR count). The molecule has 0 aliphatic rings. The van der Waals surface area contributed by atoms with Crippen LogP contribution in [-0.4, -0.2) is 0 Å². The number of hydrogen-bond donors (Lipinski definition) is 0. The number of benzene rings is 9. The summed E-state index contributed by atoms with van der Waals surface area (Å²) in [4.78, 5) is 1.85. The molecule has 0 radical (unpaired) electrons. The second kappa shape index (κ2) is 11.7. The molecule has 2 aromatic heterocycles. The van der Waals surface area contributed by atoms with Crippen molar-refractivity contribution < 1.29 is 14.3 Å². The van der Waals surface area contributed by atoms with Crippen molar-refractivity contribution in [3.05, 3.63) is 188 Å². The van der Waals surface area contributed by atoms with Crippen molar-refractivity contribution >= 4 is 82.5 Å². The van der Waals surface area contributed by atoms with Crippen LogP contribution in [0, 0.1) is 0 Å². The van der Waals surface area contributed by atoms with Crippen LogP contribution in [0.1, 0.15) is 5.48 Å². The summed E-state index contributed by atoms with van der Waals surface area (Å²) in [5.74, 6) is 0. The normalized spacial score (nSPS) is 12.8. The van der Waals surface area contributed by atoms with Crippen molar-refractivity contribution in [2.24, 2.45) is 0 Å². The van der Waals surface area contributed by atoms with E-state index in [1.165, 1.54) is 5.39 Å². The first-order valence-electron chi connectivity index (χ1n) is 19.7. The summed E-state index contributed by atoms with van der Waals surface area (Å²) in [5.41, 5.74) is 7.10. The van der Waals surface area contributed by atoms with Gasteiger partial charge < -0.3 is 13.7 Å². The van der Waals surface area contributed by atoms with Gasteiger partial charge in [0.1, 0.15) is 22.3 Å². The first-order chi connectivity index (χ1) is 27.9. The number of rotatable bonds is 5. The van der Waals surface area contributed by atoms with E-state index in [0.717, 1.165) is 60.0 Å². The predicted molar refractivity (Wildman–Crippen MR) is 222 cm³/mol. The highest BCUT2D eigenvalue weighted by atomic mass is 16.3. The van der Waals surface area contributed by atoms with Crippen molar-refractivity contribution in [2.75, 3.05) is 4.90 Å². The Kier molecular flexibility index (Phi) is 5.71. The van der Waals surface area contributed by atoms with Gasteiger partial charge in [0.05, 0.1) is 16.6 Å². The zero-order chi connectivity index (χ0) is 38.4. The molecule has 0 amide bonds. The largest absolute Gasteiger partial charge is 0.456 e. The molecule has 11 aromatic rings. The number of furan rings is 2. The minimum atomic E-state index is -0.162. The molecule has 3 heteroatoms. The molecule has 3 nitrogen and oxygen atoms in total. The average Bonchev–Trinajstić information content (AvgIpc) is 3.83. The molecule has 0 spiro atoms. The lowest BCUT2D eigenvalue weighted by Gasteiger charge is -2.26. The SMILES string of the molecule is [2H]c1c([2H])c(N(c2ccc(-c3ccc4ccccc4c3)cc2)c2cccc3oc4c5ccccc5ccc4c23)c([2H])c([2H])c1-c1ccc2c(c1)oc1ccccc12. The molecule has 0 saturated carbocycles. The van der Waals surface area contributed by atoms with Crippen LogP contribution in [0.2, 0.25) is 0 Å². The Morgan fingerprint density at radius 1 is 0.377 bits per heavy atom. The zero-order valence-corrected chi connectivity index (χ0v) is 28.4. The number of nitrogens with zero attached hydrogens (tertiary/aromatic N) is 1. The Balaban J connectivity index is 1.13. The Morgan fingerprint density at radius 2 is 1.02 bits per heavy atom. The topological polar surface area (TPSA) is 29.5 Å². The van der Waals surface area contributed by atoms with Gasteiger partial charge in [-0.05, 0) is 105 Å². The maximum absolute atomic E-state index is 9.62. The maximum atomic E-state index is 9.62. The molecular weight excluding hydrogens is 647 g/mol. The molecule has 0 unspecified atom stereocenters. The van der Waals surface area contributed by atoms with E-state index in [0.29, 0.717) is 28.1 Å². The van der Waals surface area contributed by atoms with Crippen LogP contribution < -0.4 is 4.90 Å². The molecule has 0 N–H and O–H groups in total. The van der Waals surface area contributed by atoms with Gasteiger partial charge in [-0.25, -0.2) is 0 Å². The lowest BCUT2D eigenvalue weighted by molar-refractivity contribution is 0.669. The van der Waals surface area contributed by atoms with E-state index in [-0.39, 0.29) is 35.4 Å². The van der Waals surface area contributed by atoms with Gasteiger partial charge in [0, 0.05) is 32.9 Å². The molecule has 0 saturated heterocycles. The molecule has 9 aromatic carbocycles. The quantitative estimate of drug-likeness (QED) is 0.181. The van der Waals surface area contributed by atoms with Gasteiger partial charge >= 0.3 is 0 Å². The van der Waals surface area contributed by atoms with Crippen LogP contribution in [0.3, 0.4) is 0 Å². The number of anilines is 3. The van der Waals surface area contributed by atoms with Gasteiger partial charge in [-0.2, -0.15) is 0 Å². The van der Waals surface area contributed by atoms with Gasteiger partial charge in [0.25, 0.3) is 0 Å². The average molecular weight is 682 g/mol. The van der Waals surface area contributed by atoms with Crippen molar-refractivity contribution in [3.63, 3.8) is 0 Å². The van der Waals surface area contributed by atoms with Crippen LogP contribution in [-0.2, 0) is 0 Å². The van der Waals surface area contributed by atoms with E-state index >= 15 is 0 Å². The van der Waals surface area contributed by atoms with E-state index in [4.69, 9.17) is 8.83 Å². The van der Waals surface area contributed by atoms with Gasteiger partial charge in [-0.1, -0.05) is 121 Å². The second-order valence-corrected chi connectivity index (χ2v) is 13.4. The fourth-order valence-corrected chi connectivity index (χ4v) is 7.73. The number of hydrogen-bond acceptors (Lipinski definition) is 3. The summed E-state index contributed by atoms with van der Waals surface area (Å²) in [6, 6.07) is 53.6. The minimum absolute atomic E-state index is 0.139. The number of fused-ring (bicyclic) bond motifs is 9. The highest BCUT2D eigenvalue weighted by Crippen LogP contribution is 2.45. The molecule has 0 aliphatic carbocycles. The smallest absolute Gasteiger partial charge is 0.143 e. The fourth-order valence-electron chi connectivity index (χ4n) is 7.73. The van der Waals surface area contributed by atoms with E-state index < -0.39 is 0 Å². The maximum Gasteiger partial charge on any atom is 0.143 e. The van der Waals surface area contributed by atoms with Crippen LogP contribution in [0.5, 0.6) is 0 Å². The van der Waals surface area contributed by atoms with E-state index in [1.807, 2.05) is 120 Å². The van der Waals surface area contributed by atoms with Crippen LogP contribution in [0.4, 0.5) is 17.1 Å². The Hall–Kier alpha value is -7.10.